The van der Waals surface area contributed by atoms with Gasteiger partial charge < -0.3 is 23.6 Å². The van der Waals surface area contributed by atoms with Crippen LogP contribution in [0.15, 0.2) is 64.5 Å². The highest BCUT2D eigenvalue weighted by atomic mass is 16.7. The van der Waals surface area contributed by atoms with E-state index in [9.17, 15) is 59.6 Å². The van der Waals surface area contributed by atoms with Crippen molar-refractivity contribution < 1.29 is 53.1 Å². The van der Waals surface area contributed by atoms with Crippen molar-refractivity contribution in [3.8, 4) is 28.3 Å². The third kappa shape index (κ3) is 6.23. The van der Waals surface area contributed by atoms with Crippen LogP contribution in [0.1, 0.15) is 48.1 Å². The first-order chi connectivity index (χ1) is 28.9. The fourth-order valence-corrected chi connectivity index (χ4v) is 7.65. The fraction of sp³-hybridized carbons (Fsp3) is 0.189. The Bertz CT molecular complexity index is 2940. The minimum atomic E-state index is -2.22. The Hall–Kier alpha value is -8.44. The number of hydrogen-bond acceptors (Lipinski definition) is 18. The van der Waals surface area contributed by atoms with Crippen LogP contribution in [0.25, 0.3) is 33.4 Å². The lowest BCUT2D eigenvalue weighted by Crippen LogP contribution is -2.48. The normalized spacial score (nSPS) is 15.9. The molecule has 0 bridgehead atoms. The van der Waals surface area contributed by atoms with Crippen LogP contribution in [0.3, 0.4) is 0 Å². The zero-order chi connectivity index (χ0) is 43.8. The average Bonchev–Trinajstić information content (AvgIpc) is 3.73. The van der Waals surface area contributed by atoms with Gasteiger partial charge in [0.2, 0.25) is 25.4 Å². The van der Waals surface area contributed by atoms with Gasteiger partial charge in [0.05, 0.1) is 72.0 Å². The lowest BCUT2D eigenvalue weighted by Gasteiger charge is -2.36. The van der Waals surface area contributed by atoms with Gasteiger partial charge in [0, 0.05) is 39.8 Å². The van der Waals surface area contributed by atoms with E-state index in [-0.39, 0.29) is 24.1 Å². The summed E-state index contributed by atoms with van der Waals surface area (Å²) in [6, 6.07) is 10.8. The molecule has 0 N–H and O–H groups in total. The predicted octanol–water partition coefficient (Wildman–Crippen LogP) is 4.23. The summed E-state index contributed by atoms with van der Waals surface area (Å²) in [7, 11) is 1.26. The number of carbonyl (C=O) groups is 3. The summed E-state index contributed by atoms with van der Waals surface area (Å²) in [5.41, 5.74) is -7.05. The molecule has 0 saturated heterocycles. The molecule has 0 radical (unpaired) electrons. The number of non-ortho nitro benzene ring substituents is 2. The summed E-state index contributed by atoms with van der Waals surface area (Å²) in [4.78, 5) is 107. The third-order valence-electron chi connectivity index (χ3n) is 10.4. The Morgan fingerprint density at radius 3 is 2.10 bits per heavy atom. The molecule has 0 amide bonds. The largest absolute Gasteiger partial charge is 0.457 e. The molecule has 1 aliphatic carbocycles. The Morgan fingerprint density at radius 2 is 1.54 bits per heavy atom. The Labute approximate surface area is 339 Å². The number of esters is 2. The minimum Gasteiger partial charge on any atom is -0.457 e. The number of nitrogens with zero attached hydrogens (tertiary/aromatic N) is 7. The van der Waals surface area contributed by atoms with Crippen molar-refractivity contribution >= 4 is 65.0 Å². The highest BCUT2D eigenvalue weighted by molar-refractivity contribution is 6.55. The fourth-order valence-electron chi connectivity index (χ4n) is 7.65. The van der Waals surface area contributed by atoms with E-state index in [2.05, 4.69) is 5.16 Å². The highest BCUT2D eigenvalue weighted by Crippen LogP contribution is 2.50. The Morgan fingerprint density at radius 1 is 0.918 bits per heavy atom. The van der Waals surface area contributed by atoms with E-state index in [0.717, 1.165) is 19.1 Å². The van der Waals surface area contributed by atoms with Crippen LogP contribution in [0, 0.1) is 40.5 Å². The number of cyclic esters (lactones) is 1. The number of nitro benzene ring substituents is 4. The molecular formula is C37H24BN7O16. The standard InChI is InChI=1S/C37H24BN7O16/c1-3-37(24-12-28-31-17(13-41(28)33(46)23(24)14-58-35(37)48)6-16-7-20(59-36(38)49)4-5-25(16)39-31)60-34(47)15(2)61-40-32-21-8-18(42(50)51)10-26(44(54)55)29(21)30-22(32)9-19(43(52)53)11-27(30)45(56)57/h4-12,15H,3,13-14,38H2,1-2H3/t15-,37+/m1/s1. The molecule has 5 aromatic rings. The molecule has 0 unspecified atom stereocenters. The zero-order valence-electron chi connectivity index (χ0n) is 31.6. The smallest absolute Gasteiger partial charge is 0.355 e. The maximum absolute atomic E-state index is 14.0. The molecule has 2 aliphatic heterocycles. The van der Waals surface area contributed by atoms with Gasteiger partial charge in [0.25, 0.3) is 28.3 Å². The maximum atomic E-state index is 14.0. The number of rotatable bonds is 10. The van der Waals surface area contributed by atoms with Crippen LogP contribution in [0.2, 0.25) is 0 Å². The first kappa shape index (κ1) is 39.4. The quantitative estimate of drug-likeness (QED) is 0.0805. The maximum Gasteiger partial charge on any atom is 0.355 e. The molecule has 24 heteroatoms. The Balaban J connectivity index is 1.18. The van der Waals surface area contributed by atoms with Gasteiger partial charge in [-0.05, 0) is 43.7 Å². The van der Waals surface area contributed by atoms with Crippen LogP contribution >= 0.6 is 0 Å². The van der Waals surface area contributed by atoms with E-state index in [0.29, 0.717) is 45.7 Å². The van der Waals surface area contributed by atoms with Gasteiger partial charge in [-0.2, -0.15) is 0 Å². The van der Waals surface area contributed by atoms with Gasteiger partial charge in [0.1, 0.15) is 18.1 Å². The van der Waals surface area contributed by atoms with Gasteiger partial charge in [0.15, 0.2) is 0 Å². The van der Waals surface area contributed by atoms with Crippen molar-refractivity contribution in [2.75, 3.05) is 0 Å². The van der Waals surface area contributed by atoms with Crippen molar-refractivity contribution in [2.24, 2.45) is 5.16 Å². The minimum absolute atomic E-state index is 0.00636. The van der Waals surface area contributed by atoms with Crippen molar-refractivity contribution in [1.29, 1.82) is 0 Å². The van der Waals surface area contributed by atoms with Crippen molar-refractivity contribution in [3.63, 3.8) is 0 Å². The molecule has 2 atom stereocenters. The van der Waals surface area contributed by atoms with Crippen LogP contribution in [-0.4, -0.2) is 66.7 Å². The summed E-state index contributed by atoms with van der Waals surface area (Å²) in [5.74, 6) is -2.52. The van der Waals surface area contributed by atoms with E-state index in [1.54, 1.807) is 24.3 Å². The van der Waals surface area contributed by atoms with Crippen molar-refractivity contribution in [1.82, 2.24) is 9.55 Å². The lowest BCUT2D eigenvalue weighted by molar-refractivity contribution is -0.395. The second kappa shape index (κ2) is 14.1. The zero-order valence-corrected chi connectivity index (χ0v) is 31.6. The highest BCUT2D eigenvalue weighted by Gasteiger charge is 2.51. The summed E-state index contributed by atoms with van der Waals surface area (Å²) in [6.45, 7) is 2.23. The van der Waals surface area contributed by atoms with E-state index in [1.165, 1.54) is 25.4 Å². The van der Waals surface area contributed by atoms with E-state index in [1.807, 2.05) is 0 Å². The second-order valence-electron chi connectivity index (χ2n) is 13.9. The summed E-state index contributed by atoms with van der Waals surface area (Å²) in [5, 5.41) is 52.4. The number of ether oxygens (including phenoxy) is 3. The summed E-state index contributed by atoms with van der Waals surface area (Å²) in [6.07, 6.45) is -2.03. The van der Waals surface area contributed by atoms with Crippen molar-refractivity contribution in [3.05, 3.63) is 133 Å². The number of nitro groups is 4. The van der Waals surface area contributed by atoms with Gasteiger partial charge in [-0.25, -0.2) is 14.6 Å². The van der Waals surface area contributed by atoms with E-state index < -0.39 is 112 Å². The molecule has 0 spiro atoms. The van der Waals surface area contributed by atoms with Gasteiger partial charge in [-0.15, -0.1) is 0 Å². The number of fused-ring (bicyclic) bond motifs is 8. The molecule has 3 aliphatic rings. The topological polar surface area (TPSA) is 308 Å². The number of oxime groups is 1. The molecule has 23 nitrogen and oxygen atoms in total. The molecule has 306 valence electrons. The lowest BCUT2D eigenvalue weighted by atomic mass is 9.85. The number of pyridine rings is 2. The van der Waals surface area contributed by atoms with Crippen molar-refractivity contribution in [2.45, 2.75) is 45.1 Å². The molecule has 4 heterocycles. The Kier molecular flexibility index (Phi) is 9.13. The first-order valence-corrected chi connectivity index (χ1v) is 17.9. The van der Waals surface area contributed by atoms with Crippen LogP contribution in [0.4, 0.5) is 27.5 Å². The molecule has 2 aromatic heterocycles. The molecular weight excluding hydrogens is 809 g/mol. The van der Waals surface area contributed by atoms with Crippen LogP contribution < -0.4 is 10.3 Å². The molecule has 8 rings (SSSR count). The number of aromatic nitrogens is 2. The molecule has 0 saturated carbocycles. The third-order valence-corrected chi connectivity index (χ3v) is 10.4. The average molecular weight is 833 g/mol. The number of benzene rings is 3. The predicted molar refractivity (Wildman–Crippen MR) is 208 cm³/mol. The van der Waals surface area contributed by atoms with Crippen LogP contribution in [-0.2, 0) is 42.7 Å². The van der Waals surface area contributed by atoms with E-state index in [4.69, 9.17) is 24.0 Å². The number of carbonyl (C=O) groups excluding carboxylic acids is 3. The SMILES string of the molecule is BC(=O)Oc1ccc2nc3c(cc2c1)Cn1c-3cc2c(c1=O)COC(=O)[C@@]2(CC)OC(=O)[C@@H](C)ON=C1c2cc([N+](=O)[O-])cc([N+](=O)[O-])c2-c2c1cc([N+](=O)[O-])cc2[N+](=O)[O-]. The molecule has 0 fully saturated rings. The number of hydrogen-bond donors (Lipinski definition) is 0. The monoisotopic (exact) mass is 833 g/mol. The summed E-state index contributed by atoms with van der Waals surface area (Å²) >= 11 is 0. The van der Waals surface area contributed by atoms with Gasteiger partial charge in [-0.1, -0.05) is 12.1 Å². The van der Waals surface area contributed by atoms with Gasteiger partial charge >= 0.3 is 11.9 Å². The second-order valence-corrected chi connectivity index (χ2v) is 13.9. The van der Waals surface area contributed by atoms with Crippen LogP contribution in [0.5, 0.6) is 5.75 Å². The van der Waals surface area contributed by atoms with E-state index >= 15 is 0 Å². The molecule has 3 aromatic carbocycles. The summed E-state index contributed by atoms with van der Waals surface area (Å²) < 4.78 is 17.8. The first-order valence-electron chi connectivity index (χ1n) is 17.9. The molecule has 61 heavy (non-hydrogen) atoms. The van der Waals surface area contributed by atoms with Gasteiger partial charge in [-0.3, -0.25) is 50.0 Å².